The molecule has 3 nitrogen and oxygen atoms in total. The third-order valence-electron chi connectivity index (χ3n) is 2.96. The highest BCUT2D eigenvalue weighted by atomic mass is 28.3. The molecule has 0 heterocycles. The molecule has 1 amide bonds. The number of amides is 1. The summed E-state index contributed by atoms with van der Waals surface area (Å²) in [5.41, 5.74) is 1.27. The van der Waals surface area contributed by atoms with Crippen molar-refractivity contribution in [2.24, 2.45) is 0 Å². The van der Waals surface area contributed by atoms with Gasteiger partial charge in [0.15, 0.2) is 0 Å². The van der Waals surface area contributed by atoms with Crippen LogP contribution in [0.25, 0.3) is 0 Å². The first-order chi connectivity index (χ1) is 8.43. The van der Waals surface area contributed by atoms with Crippen LogP contribution in [0.1, 0.15) is 12.0 Å². The molecule has 100 valence electrons. The summed E-state index contributed by atoms with van der Waals surface area (Å²) in [5.74, 6) is 0.0802. The molecule has 0 saturated carbocycles. The van der Waals surface area contributed by atoms with Crippen molar-refractivity contribution < 1.29 is 4.79 Å². The van der Waals surface area contributed by atoms with Crippen LogP contribution in [0.4, 0.5) is 0 Å². The monoisotopic (exact) mass is 264 g/mol. The van der Waals surface area contributed by atoms with Gasteiger partial charge in [-0.1, -0.05) is 49.1 Å². The molecule has 0 atom stereocenters. The molecule has 0 unspecified atom stereocenters. The van der Waals surface area contributed by atoms with Crippen molar-refractivity contribution >= 4 is 19.2 Å². The second-order valence-electron chi connectivity index (χ2n) is 5.55. The van der Waals surface area contributed by atoms with Gasteiger partial charge in [0.2, 0.25) is 5.91 Å². The van der Waals surface area contributed by atoms with E-state index in [0.29, 0.717) is 6.42 Å². The van der Waals surface area contributed by atoms with Crippen molar-refractivity contribution in [2.45, 2.75) is 32.6 Å². The van der Waals surface area contributed by atoms with Gasteiger partial charge in [-0.05, 0) is 5.56 Å². The highest BCUT2D eigenvalue weighted by Gasteiger charge is 2.15. The van der Waals surface area contributed by atoms with E-state index in [-0.39, 0.29) is 5.91 Å². The number of benzene rings is 1. The van der Waals surface area contributed by atoms with Gasteiger partial charge in [0, 0.05) is 26.6 Å². The summed E-state index contributed by atoms with van der Waals surface area (Å²) in [5, 5.41) is 7.37. The molecule has 0 aliphatic carbocycles. The molecule has 18 heavy (non-hydrogen) atoms. The van der Waals surface area contributed by atoms with Gasteiger partial charge in [-0.15, -0.1) is 0 Å². The van der Waals surface area contributed by atoms with E-state index in [0.717, 1.165) is 13.1 Å². The minimum absolute atomic E-state index is 0.0802. The molecule has 0 saturated heterocycles. The van der Waals surface area contributed by atoms with Gasteiger partial charge in [-0.3, -0.25) is 4.79 Å². The van der Waals surface area contributed by atoms with Crippen LogP contribution in [-0.2, 0) is 11.3 Å². The maximum Gasteiger partial charge on any atom is 0.221 e. The zero-order valence-corrected chi connectivity index (χ0v) is 12.8. The summed E-state index contributed by atoms with van der Waals surface area (Å²) >= 11 is 0. The molecule has 4 heteroatoms. The third kappa shape index (κ3) is 5.02. The largest absolute Gasteiger partial charge is 0.359 e. The first-order valence-electron chi connectivity index (χ1n) is 6.44. The van der Waals surface area contributed by atoms with Crippen molar-refractivity contribution in [2.75, 3.05) is 13.6 Å². The number of hydrogen-bond acceptors (Lipinski definition) is 2. The molecule has 0 aliphatic heterocycles. The molecule has 1 rings (SSSR count). The van der Waals surface area contributed by atoms with Crippen LogP contribution in [0.3, 0.4) is 0 Å². The van der Waals surface area contributed by atoms with Crippen LogP contribution < -0.4 is 15.8 Å². The van der Waals surface area contributed by atoms with Gasteiger partial charge >= 0.3 is 0 Å². The minimum atomic E-state index is -1.19. The summed E-state index contributed by atoms with van der Waals surface area (Å²) in [6.07, 6.45) is 0.531. The first-order valence-corrected chi connectivity index (χ1v) is 9.94. The average Bonchev–Trinajstić information content (AvgIpc) is 2.33. The first kappa shape index (κ1) is 14.9. The Labute approximate surface area is 111 Å². The number of carbonyl (C=O) groups excluding carboxylic acids is 1. The van der Waals surface area contributed by atoms with Gasteiger partial charge in [0.25, 0.3) is 0 Å². The lowest BCUT2D eigenvalue weighted by Crippen LogP contribution is -2.37. The van der Waals surface area contributed by atoms with E-state index < -0.39 is 8.07 Å². The Bertz CT molecular complexity index is 382. The van der Waals surface area contributed by atoms with E-state index in [1.54, 1.807) is 7.05 Å². The molecule has 0 fully saturated rings. The van der Waals surface area contributed by atoms with E-state index in [2.05, 4.69) is 54.5 Å². The standard InChI is InChI=1S/C14H24N2OSi/c1-15-14(17)9-10-16-11-12-5-7-13(8-6-12)18(2,3)4/h5-8,16H,9-11H2,1-4H3,(H,15,17). The van der Waals surface area contributed by atoms with Gasteiger partial charge < -0.3 is 10.6 Å². The molecular weight excluding hydrogens is 240 g/mol. The van der Waals surface area contributed by atoms with Gasteiger partial charge in [-0.25, -0.2) is 0 Å². The average molecular weight is 264 g/mol. The van der Waals surface area contributed by atoms with Crippen molar-refractivity contribution in [3.8, 4) is 0 Å². The predicted molar refractivity (Wildman–Crippen MR) is 79.8 cm³/mol. The zero-order valence-electron chi connectivity index (χ0n) is 11.8. The third-order valence-corrected chi connectivity index (χ3v) is 5.02. The molecule has 2 N–H and O–H groups in total. The van der Waals surface area contributed by atoms with Crippen LogP contribution in [0.2, 0.25) is 19.6 Å². The lowest BCUT2D eigenvalue weighted by atomic mass is 10.2. The van der Waals surface area contributed by atoms with Crippen LogP contribution in [-0.4, -0.2) is 27.6 Å². The quantitative estimate of drug-likeness (QED) is 0.603. The summed E-state index contributed by atoms with van der Waals surface area (Å²) in [6, 6.07) is 8.84. The van der Waals surface area contributed by atoms with Crippen molar-refractivity contribution in [3.05, 3.63) is 29.8 Å². The van der Waals surface area contributed by atoms with E-state index in [1.807, 2.05) is 0 Å². The Morgan fingerprint density at radius 2 is 1.78 bits per heavy atom. The SMILES string of the molecule is CNC(=O)CCNCc1ccc([Si](C)(C)C)cc1. The van der Waals surface area contributed by atoms with Crippen LogP contribution in [0.15, 0.2) is 24.3 Å². The fourth-order valence-electron chi connectivity index (χ4n) is 1.68. The number of nitrogens with one attached hydrogen (secondary N) is 2. The fraction of sp³-hybridized carbons (Fsp3) is 0.500. The summed E-state index contributed by atoms with van der Waals surface area (Å²) in [4.78, 5) is 11.0. The predicted octanol–water partition coefficient (Wildman–Crippen LogP) is 1.46. The molecule has 0 spiro atoms. The lowest BCUT2D eigenvalue weighted by Gasteiger charge is -2.16. The molecular formula is C14H24N2OSi. The van der Waals surface area contributed by atoms with E-state index in [4.69, 9.17) is 0 Å². The molecule has 0 radical (unpaired) electrons. The van der Waals surface area contributed by atoms with Crippen LogP contribution in [0, 0.1) is 0 Å². The Kier molecular flexibility index (Phi) is 5.56. The van der Waals surface area contributed by atoms with Crippen molar-refractivity contribution in [3.63, 3.8) is 0 Å². The highest BCUT2D eigenvalue weighted by Crippen LogP contribution is 2.04. The maximum absolute atomic E-state index is 11.0. The minimum Gasteiger partial charge on any atom is -0.359 e. The molecule has 0 bridgehead atoms. The van der Waals surface area contributed by atoms with E-state index in [9.17, 15) is 4.79 Å². The zero-order chi connectivity index (χ0) is 13.6. The molecule has 1 aromatic rings. The van der Waals surface area contributed by atoms with Crippen molar-refractivity contribution in [1.82, 2.24) is 10.6 Å². The Morgan fingerprint density at radius 3 is 2.28 bits per heavy atom. The Balaban J connectivity index is 2.38. The fourth-order valence-corrected chi connectivity index (χ4v) is 2.85. The summed E-state index contributed by atoms with van der Waals surface area (Å²) in [6.45, 7) is 8.59. The van der Waals surface area contributed by atoms with E-state index in [1.165, 1.54) is 10.8 Å². The number of carbonyl (C=O) groups is 1. The van der Waals surface area contributed by atoms with Crippen LogP contribution in [0.5, 0.6) is 0 Å². The lowest BCUT2D eigenvalue weighted by molar-refractivity contribution is -0.120. The summed E-state index contributed by atoms with van der Waals surface area (Å²) < 4.78 is 0. The molecule has 0 aliphatic rings. The number of hydrogen-bond donors (Lipinski definition) is 2. The topological polar surface area (TPSA) is 41.1 Å². The number of rotatable bonds is 6. The maximum atomic E-state index is 11.0. The summed E-state index contributed by atoms with van der Waals surface area (Å²) in [7, 11) is 0.477. The van der Waals surface area contributed by atoms with Gasteiger partial charge in [0.05, 0.1) is 8.07 Å². The van der Waals surface area contributed by atoms with Crippen LogP contribution >= 0.6 is 0 Å². The van der Waals surface area contributed by atoms with Crippen molar-refractivity contribution in [1.29, 1.82) is 0 Å². The second-order valence-corrected chi connectivity index (χ2v) is 10.6. The van der Waals surface area contributed by atoms with Gasteiger partial charge in [-0.2, -0.15) is 0 Å². The Morgan fingerprint density at radius 1 is 1.17 bits per heavy atom. The highest BCUT2D eigenvalue weighted by molar-refractivity contribution is 6.88. The Hall–Kier alpha value is -1.13. The second kappa shape index (κ2) is 6.71. The normalized spacial score (nSPS) is 11.3. The van der Waals surface area contributed by atoms with Gasteiger partial charge in [0.1, 0.15) is 0 Å². The smallest absolute Gasteiger partial charge is 0.221 e. The van der Waals surface area contributed by atoms with E-state index >= 15 is 0 Å². The molecule has 1 aromatic carbocycles. The molecule has 0 aromatic heterocycles.